The molecule has 4 heteroatoms. The molecular formula is C13H14N2OS. The van der Waals surface area contributed by atoms with Crippen molar-refractivity contribution in [2.75, 3.05) is 0 Å². The van der Waals surface area contributed by atoms with Gasteiger partial charge in [-0.2, -0.15) is 0 Å². The highest BCUT2D eigenvalue weighted by molar-refractivity contribution is 7.09. The molecule has 1 aromatic carbocycles. The van der Waals surface area contributed by atoms with Crippen molar-refractivity contribution in [1.29, 1.82) is 0 Å². The molecule has 0 amide bonds. The maximum absolute atomic E-state index is 6.04. The second kappa shape index (κ2) is 4.47. The Bertz CT molecular complexity index is 510. The van der Waals surface area contributed by atoms with Crippen molar-refractivity contribution in [3.05, 3.63) is 45.9 Å². The van der Waals surface area contributed by atoms with E-state index in [9.17, 15) is 0 Å². The van der Waals surface area contributed by atoms with Gasteiger partial charge in [-0.05, 0) is 30.0 Å². The van der Waals surface area contributed by atoms with Crippen molar-refractivity contribution < 1.29 is 4.74 Å². The second-order valence-electron chi connectivity index (χ2n) is 4.18. The van der Waals surface area contributed by atoms with E-state index >= 15 is 0 Å². The van der Waals surface area contributed by atoms with Crippen molar-refractivity contribution in [1.82, 2.24) is 4.98 Å². The van der Waals surface area contributed by atoms with Gasteiger partial charge in [-0.15, -0.1) is 11.3 Å². The quantitative estimate of drug-likeness (QED) is 0.905. The number of rotatable bonds is 3. The maximum atomic E-state index is 6.04. The van der Waals surface area contributed by atoms with E-state index in [2.05, 4.69) is 11.1 Å². The number of nitrogens with two attached hydrogens (primary N) is 1. The standard InChI is InChI=1S/C13H14N2OS/c14-11-5-4-10-9(11)2-1-3-12(10)16-8-13-15-6-7-17-13/h1-3,6-7,11H,4-5,8,14H2. The minimum absolute atomic E-state index is 0.174. The molecule has 0 saturated carbocycles. The van der Waals surface area contributed by atoms with Crippen LogP contribution in [0.4, 0.5) is 0 Å². The third-order valence-corrected chi connectivity index (χ3v) is 3.86. The van der Waals surface area contributed by atoms with Crippen LogP contribution >= 0.6 is 11.3 Å². The first-order valence-electron chi connectivity index (χ1n) is 5.73. The lowest BCUT2D eigenvalue weighted by molar-refractivity contribution is 0.302. The Balaban J connectivity index is 1.80. The van der Waals surface area contributed by atoms with Crippen molar-refractivity contribution >= 4 is 11.3 Å². The van der Waals surface area contributed by atoms with Crippen LogP contribution in [0.1, 0.15) is 28.6 Å². The van der Waals surface area contributed by atoms with Crippen LogP contribution in [0.3, 0.4) is 0 Å². The Hall–Kier alpha value is -1.39. The molecule has 0 spiro atoms. The Kier molecular flexibility index (Phi) is 2.82. The number of fused-ring (bicyclic) bond motifs is 1. The first-order valence-corrected chi connectivity index (χ1v) is 6.61. The van der Waals surface area contributed by atoms with Crippen molar-refractivity contribution in [3.8, 4) is 5.75 Å². The molecule has 2 N–H and O–H groups in total. The van der Waals surface area contributed by atoms with E-state index in [-0.39, 0.29) is 6.04 Å². The monoisotopic (exact) mass is 246 g/mol. The minimum Gasteiger partial charge on any atom is -0.486 e. The summed E-state index contributed by atoms with van der Waals surface area (Å²) >= 11 is 1.62. The highest BCUT2D eigenvalue weighted by atomic mass is 32.1. The molecule has 1 aliphatic carbocycles. The fourth-order valence-corrected chi connectivity index (χ4v) is 2.78. The summed E-state index contributed by atoms with van der Waals surface area (Å²) in [6.45, 7) is 0.545. The third-order valence-electron chi connectivity index (χ3n) is 3.11. The molecule has 17 heavy (non-hydrogen) atoms. The summed E-state index contributed by atoms with van der Waals surface area (Å²) in [6.07, 6.45) is 3.84. The van der Waals surface area contributed by atoms with E-state index in [1.165, 1.54) is 11.1 Å². The molecule has 0 saturated heterocycles. The van der Waals surface area contributed by atoms with Crippen molar-refractivity contribution in [2.24, 2.45) is 5.73 Å². The molecule has 1 aliphatic rings. The van der Waals surface area contributed by atoms with Gasteiger partial charge in [0, 0.05) is 17.6 Å². The van der Waals surface area contributed by atoms with Crippen LogP contribution in [0.25, 0.3) is 0 Å². The van der Waals surface area contributed by atoms with E-state index in [1.54, 1.807) is 17.5 Å². The maximum Gasteiger partial charge on any atom is 0.140 e. The molecule has 0 bridgehead atoms. The van der Waals surface area contributed by atoms with Crippen LogP contribution in [-0.4, -0.2) is 4.98 Å². The van der Waals surface area contributed by atoms with Gasteiger partial charge in [-0.3, -0.25) is 0 Å². The normalized spacial score (nSPS) is 18.1. The molecule has 3 nitrogen and oxygen atoms in total. The average molecular weight is 246 g/mol. The van der Waals surface area contributed by atoms with Gasteiger partial charge in [-0.1, -0.05) is 12.1 Å². The lowest BCUT2D eigenvalue weighted by Gasteiger charge is -2.10. The molecular weight excluding hydrogens is 232 g/mol. The van der Waals surface area contributed by atoms with Gasteiger partial charge < -0.3 is 10.5 Å². The molecule has 0 aliphatic heterocycles. The molecule has 1 atom stereocenters. The van der Waals surface area contributed by atoms with Crippen LogP contribution < -0.4 is 10.5 Å². The summed E-state index contributed by atoms with van der Waals surface area (Å²) in [5, 5.41) is 2.97. The highest BCUT2D eigenvalue weighted by Crippen LogP contribution is 2.35. The molecule has 0 radical (unpaired) electrons. The summed E-state index contributed by atoms with van der Waals surface area (Å²) in [6, 6.07) is 6.31. The second-order valence-corrected chi connectivity index (χ2v) is 5.16. The molecule has 3 rings (SSSR count). The number of hydrogen-bond acceptors (Lipinski definition) is 4. The lowest BCUT2D eigenvalue weighted by atomic mass is 10.1. The highest BCUT2D eigenvalue weighted by Gasteiger charge is 2.22. The topological polar surface area (TPSA) is 48.1 Å². The fourth-order valence-electron chi connectivity index (χ4n) is 2.25. The van der Waals surface area contributed by atoms with Crippen LogP contribution in [0.2, 0.25) is 0 Å². The average Bonchev–Trinajstić information content (AvgIpc) is 2.97. The predicted molar refractivity (Wildman–Crippen MR) is 68.1 cm³/mol. The van der Waals surface area contributed by atoms with E-state index in [4.69, 9.17) is 10.5 Å². The van der Waals surface area contributed by atoms with Gasteiger partial charge in [0.1, 0.15) is 17.4 Å². The summed E-state index contributed by atoms with van der Waals surface area (Å²) < 4.78 is 5.83. The van der Waals surface area contributed by atoms with Gasteiger partial charge in [0.15, 0.2) is 0 Å². The van der Waals surface area contributed by atoms with Gasteiger partial charge in [0.25, 0.3) is 0 Å². The zero-order valence-corrected chi connectivity index (χ0v) is 10.2. The SMILES string of the molecule is NC1CCc2c(OCc3nccs3)cccc21. The van der Waals surface area contributed by atoms with Crippen LogP contribution in [0, 0.1) is 0 Å². The van der Waals surface area contributed by atoms with E-state index < -0.39 is 0 Å². The van der Waals surface area contributed by atoms with Gasteiger partial charge in [0.05, 0.1) is 0 Å². The molecule has 1 heterocycles. The summed E-state index contributed by atoms with van der Waals surface area (Å²) in [5.74, 6) is 0.964. The first kappa shape index (κ1) is 10.7. The van der Waals surface area contributed by atoms with Crippen molar-refractivity contribution in [3.63, 3.8) is 0 Å². The van der Waals surface area contributed by atoms with E-state index in [0.29, 0.717) is 6.61 Å². The first-order chi connectivity index (χ1) is 8.34. The van der Waals surface area contributed by atoms with E-state index in [1.807, 2.05) is 17.5 Å². The van der Waals surface area contributed by atoms with Gasteiger partial charge in [0.2, 0.25) is 0 Å². The third kappa shape index (κ3) is 2.06. The number of thiazole rings is 1. The Labute approximate surface area is 104 Å². The van der Waals surface area contributed by atoms with Crippen LogP contribution in [0.15, 0.2) is 29.8 Å². The van der Waals surface area contributed by atoms with Gasteiger partial charge in [-0.25, -0.2) is 4.98 Å². The largest absolute Gasteiger partial charge is 0.486 e. The number of hydrogen-bond donors (Lipinski definition) is 1. The Morgan fingerprint density at radius 2 is 2.41 bits per heavy atom. The molecule has 0 fully saturated rings. The zero-order chi connectivity index (χ0) is 11.7. The number of benzene rings is 1. The molecule has 88 valence electrons. The summed E-state index contributed by atoms with van der Waals surface area (Å²) in [7, 11) is 0. The fraction of sp³-hybridized carbons (Fsp3) is 0.308. The van der Waals surface area contributed by atoms with Gasteiger partial charge >= 0.3 is 0 Å². The number of nitrogens with zero attached hydrogens (tertiary/aromatic N) is 1. The summed E-state index contributed by atoms with van der Waals surface area (Å²) in [4.78, 5) is 4.21. The van der Waals surface area contributed by atoms with Crippen molar-refractivity contribution in [2.45, 2.75) is 25.5 Å². The number of aromatic nitrogens is 1. The van der Waals surface area contributed by atoms with E-state index in [0.717, 1.165) is 23.6 Å². The zero-order valence-electron chi connectivity index (χ0n) is 9.43. The Morgan fingerprint density at radius 3 is 3.24 bits per heavy atom. The summed E-state index contributed by atoms with van der Waals surface area (Å²) in [5.41, 5.74) is 8.55. The number of ether oxygens (including phenoxy) is 1. The lowest BCUT2D eigenvalue weighted by Crippen LogP contribution is -2.05. The molecule has 2 aromatic rings. The minimum atomic E-state index is 0.174. The molecule has 1 unspecified atom stereocenters. The predicted octanol–water partition coefficient (Wildman–Crippen LogP) is 2.67. The van der Waals surface area contributed by atoms with Crippen LogP contribution in [0.5, 0.6) is 5.75 Å². The Morgan fingerprint density at radius 1 is 1.47 bits per heavy atom. The molecule has 1 aromatic heterocycles. The smallest absolute Gasteiger partial charge is 0.140 e. The van der Waals surface area contributed by atoms with Crippen LogP contribution in [-0.2, 0) is 13.0 Å².